The summed E-state index contributed by atoms with van der Waals surface area (Å²) in [5.41, 5.74) is 1.37. The number of aromatic nitrogens is 2. The lowest BCUT2D eigenvalue weighted by Crippen LogP contribution is -2.39. The minimum atomic E-state index is -0.136. The second-order valence-electron chi connectivity index (χ2n) is 6.62. The molecule has 1 aromatic heterocycles. The summed E-state index contributed by atoms with van der Waals surface area (Å²) in [5, 5.41) is 16.5. The average Bonchev–Trinajstić information content (AvgIpc) is 2.70. The monoisotopic (exact) mass is 281 g/mol. The molecule has 0 aliphatic carbocycles. The van der Waals surface area contributed by atoms with Gasteiger partial charge in [0.05, 0.1) is 5.69 Å². The number of amides is 1. The first kappa shape index (κ1) is 16.7. The summed E-state index contributed by atoms with van der Waals surface area (Å²) in [5.74, 6) is 0.143. The summed E-state index contributed by atoms with van der Waals surface area (Å²) < 4.78 is 1.62. The van der Waals surface area contributed by atoms with Crippen LogP contribution in [0.1, 0.15) is 57.2 Å². The van der Waals surface area contributed by atoms with Gasteiger partial charge in [-0.05, 0) is 18.4 Å². The third-order valence-electron chi connectivity index (χ3n) is 3.44. The predicted octanol–water partition coefficient (Wildman–Crippen LogP) is 1.85. The highest BCUT2D eigenvalue weighted by Crippen LogP contribution is 2.21. The van der Waals surface area contributed by atoms with Crippen molar-refractivity contribution in [3.63, 3.8) is 0 Å². The number of carbonyl (C=O) groups excluding carboxylic acids is 1. The Morgan fingerprint density at radius 1 is 1.45 bits per heavy atom. The van der Waals surface area contributed by atoms with Crippen LogP contribution in [0.5, 0.6) is 0 Å². The second-order valence-corrected chi connectivity index (χ2v) is 6.62. The van der Waals surface area contributed by atoms with Gasteiger partial charge in [-0.15, -0.1) is 0 Å². The van der Waals surface area contributed by atoms with Crippen LogP contribution in [0.4, 0.5) is 0 Å². The molecule has 0 aliphatic heterocycles. The maximum Gasteiger partial charge on any atom is 0.269 e. The third kappa shape index (κ3) is 4.07. The molecule has 0 saturated carbocycles. The number of nitrogens with zero attached hydrogens (tertiary/aromatic N) is 2. The van der Waals surface area contributed by atoms with Crippen molar-refractivity contribution in [1.82, 2.24) is 15.1 Å². The molecule has 5 nitrogen and oxygen atoms in total. The zero-order chi connectivity index (χ0) is 15.5. The van der Waals surface area contributed by atoms with Crippen molar-refractivity contribution in [2.24, 2.45) is 13.0 Å². The molecule has 1 unspecified atom stereocenters. The average molecular weight is 281 g/mol. The molecule has 1 amide bonds. The quantitative estimate of drug-likeness (QED) is 0.865. The van der Waals surface area contributed by atoms with Gasteiger partial charge < -0.3 is 10.4 Å². The summed E-state index contributed by atoms with van der Waals surface area (Å²) in [6.07, 6.45) is 0.563. The van der Waals surface area contributed by atoms with E-state index in [1.807, 2.05) is 19.9 Å². The van der Waals surface area contributed by atoms with Crippen molar-refractivity contribution in [3.05, 3.63) is 17.5 Å². The van der Waals surface area contributed by atoms with Gasteiger partial charge in [-0.1, -0.05) is 34.6 Å². The van der Waals surface area contributed by atoms with E-state index in [-0.39, 0.29) is 29.9 Å². The van der Waals surface area contributed by atoms with Gasteiger partial charge in [-0.2, -0.15) is 5.10 Å². The molecule has 0 fully saturated rings. The molecule has 0 saturated heterocycles. The molecule has 0 bridgehead atoms. The van der Waals surface area contributed by atoms with Crippen LogP contribution in [0.25, 0.3) is 0 Å². The maximum atomic E-state index is 12.3. The van der Waals surface area contributed by atoms with Crippen LogP contribution < -0.4 is 5.32 Å². The highest BCUT2D eigenvalue weighted by atomic mass is 16.3. The van der Waals surface area contributed by atoms with Crippen molar-refractivity contribution in [2.75, 3.05) is 6.61 Å². The molecule has 1 rings (SSSR count). The highest BCUT2D eigenvalue weighted by molar-refractivity contribution is 5.92. The highest BCUT2D eigenvalue weighted by Gasteiger charge is 2.23. The number of rotatable bonds is 5. The Morgan fingerprint density at radius 3 is 2.45 bits per heavy atom. The van der Waals surface area contributed by atoms with Crippen LogP contribution in [0.3, 0.4) is 0 Å². The summed E-state index contributed by atoms with van der Waals surface area (Å²) >= 11 is 0. The van der Waals surface area contributed by atoms with Gasteiger partial charge in [0.15, 0.2) is 0 Å². The smallest absolute Gasteiger partial charge is 0.269 e. The van der Waals surface area contributed by atoms with E-state index in [2.05, 4.69) is 31.2 Å². The number of nitrogens with one attached hydrogen (secondary N) is 1. The molecule has 1 heterocycles. The zero-order valence-electron chi connectivity index (χ0n) is 13.4. The Balaban J connectivity index is 2.89. The molecule has 0 aromatic carbocycles. The number of aryl methyl sites for hydroxylation is 1. The van der Waals surface area contributed by atoms with Crippen molar-refractivity contribution in [1.29, 1.82) is 0 Å². The fourth-order valence-electron chi connectivity index (χ4n) is 2.00. The van der Waals surface area contributed by atoms with E-state index >= 15 is 0 Å². The van der Waals surface area contributed by atoms with Crippen LogP contribution in [0.2, 0.25) is 0 Å². The molecule has 5 heteroatoms. The lowest BCUT2D eigenvalue weighted by molar-refractivity contribution is 0.0907. The van der Waals surface area contributed by atoms with Crippen molar-refractivity contribution in [3.8, 4) is 0 Å². The van der Waals surface area contributed by atoms with Crippen molar-refractivity contribution < 1.29 is 9.90 Å². The first-order chi connectivity index (χ1) is 9.16. The Morgan fingerprint density at radius 2 is 2.05 bits per heavy atom. The van der Waals surface area contributed by atoms with Gasteiger partial charge in [0, 0.05) is 25.1 Å². The number of aliphatic hydroxyl groups excluding tert-OH is 1. The van der Waals surface area contributed by atoms with E-state index in [0.29, 0.717) is 12.1 Å². The minimum absolute atomic E-state index is 0.0273. The fourth-order valence-corrected chi connectivity index (χ4v) is 2.00. The van der Waals surface area contributed by atoms with Crippen molar-refractivity contribution in [2.45, 2.75) is 52.5 Å². The largest absolute Gasteiger partial charge is 0.396 e. The Bertz CT molecular complexity index is 458. The Labute approximate surface area is 121 Å². The summed E-state index contributed by atoms with van der Waals surface area (Å²) in [7, 11) is 1.78. The molecular weight excluding hydrogens is 254 g/mol. The molecule has 2 N–H and O–H groups in total. The maximum absolute atomic E-state index is 12.3. The molecule has 1 aromatic rings. The first-order valence-electron chi connectivity index (χ1n) is 7.13. The molecular formula is C15H27N3O2. The number of aliphatic hydroxyl groups is 1. The van der Waals surface area contributed by atoms with Crippen LogP contribution in [0.15, 0.2) is 6.07 Å². The predicted molar refractivity (Wildman–Crippen MR) is 79.7 cm³/mol. The lowest BCUT2D eigenvalue weighted by Gasteiger charge is -2.21. The normalized spacial score (nSPS) is 13.6. The van der Waals surface area contributed by atoms with E-state index in [0.717, 1.165) is 5.69 Å². The van der Waals surface area contributed by atoms with Crippen molar-refractivity contribution >= 4 is 5.91 Å². The summed E-state index contributed by atoms with van der Waals surface area (Å²) in [6, 6.07) is 1.81. The van der Waals surface area contributed by atoms with E-state index < -0.39 is 0 Å². The van der Waals surface area contributed by atoms with E-state index in [4.69, 9.17) is 5.11 Å². The van der Waals surface area contributed by atoms with E-state index in [9.17, 15) is 4.79 Å². The molecule has 20 heavy (non-hydrogen) atoms. The molecule has 0 aliphatic rings. The van der Waals surface area contributed by atoms with Crippen LogP contribution in [0, 0.1) is 5.92 Å². The van der Waals surface area contributed by atoms with Gasteiger partial charge >= 0.3 is 0 Å². The first-order valence-corrected chi connectivity index (χ1v) is 7.13. The third-order valence-corrected chi connectivity index (χ3v) is 3.44. The van der Waals surface area contributed by atoms with Gasteiger partial charge in [-0.25, -0.2) is 0 Å². The van der Waals surface area contributed by atoms with Gasteiger partial charge in [0.25, 0.3) is 5.91 Å². The van der Waals surface area contributed by atoms with Gasteiger partial charge in [-0.3, -0.25) is 9.48 Å². The van der Waals surface area contributed by atoms with E-state index in [1.54, 1.807) is 11.7 Å². The molecule has 1 atom stereocenters. The molecule has 114 valence electrons. The minimum Gasteiger partial charge on any atom is -0.396 e. The molecule has 0 radical (unpaired) electrons. The van der Waals surface area contributed by atoms with Crippen LogP contribution >= 0.6 is 0 Å². The van der Waals surface area contributed by atoms with E-state index in [1.165, 1.54) is 0 Å². The SMILES string of the molecule is CC(C)C(CCO)NC(=O)c1cc(C(C)(C)C)nn1C. The van der Waals surface area contributed by atoms with Crippen LogP contribution in [-0.2, 0) is 12.5 Å². The fraction of sp³-hybridized carbons (Fsp3) is 0.733. The van der Waals surface area contributed by atoms with Gasteiger partial charge in [0.1, 0.15) is 5.69 Å². The number of carbonyl (C=O) groups is 1. The molecule has 0 spiro atoms. The van der Waals surface area contributed by atoms with Crippen LogP contribution in [-0.4, -0.2) is 33.4 Å². The second kappa shape index (κ2) is 6.39. The van der Waals surface area contributed by atoms with Gasteiger partial charge in [0.2, 0.25) is 0 Å². The Hall–Kier alpha value is -1.36. The number of hydrogen-bond acceptors (Lipinski definition) is 3. The standard InChI is InChI=1S/C15H27N3O2/c1-10(2)11(7-8-19)16-14(20)12-9-13(15(3,4)5)17-18(12)6/h9-11,19H,7-8H2,1-6H3,(H,16,20). The Kier molecular flexibility index (Phi) is 5.34. The topological polar surface area (TPSA) is 67.2 Å². The summed E-state index contributed by atoms with van der Waals surface area (Å²) in [4.78, 5) is 12.3. The summed E-state index contributed by atoms with van der Waals surface area (Å²) in [6.45, 7) is 10.3. The number of hydrogen-bond donors (Lipinski definition) is 2. The zero-order valence-corrected chi connectivity index (χ0v) is 13.4. The lowest BCUT2D eigenvalue weighted by atomic mass is 9.92.